The number of hydrogen-bond acceptors (Lipinski definition) is 3. The molecule has 0 amide bonds. The summed E-state index contributed by atoms with van der Waals surface area (Å²) in [4.78, 5) is 4.48. The zero-order chi connectivity index (χ0) is 16.3. The Bertz CT molecular complexity index is 685. The van der Waals surface area contributed by atoms with Crippen LogP contribution in [0.4, 0.5) is 11.4 Å². The lowest BCUT2D eigenvalue weighted by atomic mass is 10.1. The standard InChI is InChI=1S/C18H21ClN2O/c1-11(2)10-21-17-6-5-15(8-12(17)3)22-18-13(4)7-14(20)9-16(18)19/h5-11H,20H2,1-4H3. The first-order chi connectivity index (χ1) is 10.4. The molecule has 0 fully saturated rings. The molecule has 0 spiro atoms. The molecule has 3 nitrogen and oxygen atoms in total. The number of nitrogens with zero attached hydrogens (tertiary/aromatic N) is 1. The van der Waals surface area contributed by atoms with E-state index in [9.17, 15) is 0 Å². The number of benzene rings is 2. The van der Waals surface area contributed by atoms with Gasteiger partial charge in [-0.2, -0.15) is 0 Å². The van der Waals surface area contributed by atoms with E-state index in [1.54, 1.807) is 6.07 Å². The molecule has 0 aromatic heterocycles. The summed E-state index contributed by atoms with van der Waals surface area (Å²) in [5.74, 6) is 1.79. The number of hydrogen-bond donors (Lipinski definition) is 1. The lowest BCUT2D eigenvalue weighted by Crippen LogP contribution is -1.93. The summed E-state index contributed by atoms with van der Waals surface area (Å²) in [6.45, 7) is 8.13. The van der Waals surface area contributed by atoms with E-state index in [4.69, 9.17) is 22.1 Å². The molecule has 0 bridgehead atoms. The van der Waals surface area contributed by atoms with Gasteiger partial charge in [-0.3, -0.25) is 4.99 Å². The Morgan fingerprint density at radius 2 is 1.86 bits per heavy atom. The molecular formula is C18H21ClN2O. The first-order valence-corrected chi connectivity index (χ1v) is 7.63. The van der Waals surface area contributed by atoms with E-state index in [2.05, 4.69) is 18.8 Å². The van der Waals surface area contributed by atoms with Crippen molar-refractivity contribution in [2.24, 2.45) is 10.9 Å². The first kappa shape index (κ1) is 16.4. The fraction of sp³-hybridized carbons (Fsp3) is 0.278. The van der Waals surface area contributed by atoms with Gasteiger partial charge in [-0.05, 0) is 61.2 Å². The summed E-state index contributed by atoms with van der Waals surface area (Å²) in [6, 6.07) is 9.34. The molecular weight excluding hydrogens is 296 g/mol. The van der Waals surface area contributed by atoms with Crippen LogP contribution in [0.2, 0.25) is 5.02 Å². The van der Waals surface area contributed by atoms with Crippen molar-refractivity contribution in [1.29, 1.82) is 0 Å². The Hall–Kier alpha value is -2.00. The summed E-state index contributed by atoms with van der Waals surface area (Å²) in [5, 5.41) is 0.511. The fourth-order valence-corrected chi connectivity index (χ4v) is 2.38. The highest BCUT2D eigenvalue weighted by atomic mass is 35.5. The molecule has 0 aliphatic carbocycles. The molecule has 2 aromatic carbocycles. The summed E-state index contributed by atoms with van der Waals surface area (Å²) in [6.07, 6.45) is 1.93. The average Bonchev–Trinajstić information content (AvgIpc) is 2.41. The Labute approximate surface area is 136 Å². The Balaban J connectivity index is 2.27. The van der Waals surface area contributed by atoms with Crippen molar-refractivity contribution in [2.75, 3.05) is 5.73 Å². The van der Waals surface area contributed by atoms with Crippen molar-refractivity contribution in [1.82, 2.24) is 0 Å². The molecule has 0 saturated carbocycles. The van der Waals surface area contributed by atoms with Crippen LogP contribution in [-0.4, -0.2) is 6.21 Å². The maximum absolute atomic E-state index is 6.21. The zero-order valence-corrected chi connectivity index (χ0v) is 14.1. The molecule has 0 atom stereocenters. The number of aryl methyl sites for hydroxylation is 2. The smallest absolute Gasteiger partial charge is 0.149 e. The van der Waals surface area contributed by atoms with Gasteiger partial charge in [-0.25, -0.2) is 0 Å². The van der Waals surface area contributed by atoms with Crippen LogP contribution in [0.15, 0.2) is 35.3 Å². The second-order valence-corrected chi connectivity index (χ2v) is 6.13. The van der Waals surface area contributed by atoms with Crippen molar-refractivity contribution in [2.45, 2.75) is 27.7 Å². The second kappa shape index (κ2) is 6.84. The number of halogens is 1. The normalized spacial score (nSPS) is 11.4. The van der Waals surface area contributed by atoms with Crippen LogP contribution in [0, 0.1) is 19.8 Å². The number of anilines is 1. The minimum absolute atomic E-state index is 0.423. The minimum Gasteiger partial charge on any atom is -0.456 e. The quantitative estimate of drug-likeness (QED) is 0.582. The molecule has 4 heteroatoms. The zero-order valence-electron chi connectivity index (χ0n) is 13.4. The third-order valence-electron chi connectivity index (χ3n) is 3.15. The molecule has 116 valence electrons. The van der Waals surface area contributed by atoms with Gasteiger partial charge in [0.1, 0.15) is 11.5 Å². The topological polar surface area (TPSA) is 47.6 Å². The van der Waals surface area contributed by atoms with Crippen molar-refractivity contribution >= 4 is 29.2 Å². The van der Waals surface area contributed by atoms with Gasteiger partial charge in [-0.15, -0.1) is 0 Å². The minimum atomic E-state index is 0.423. The van der Waals surface area contributed by atoms with Crippen molar-refractivity contribution in [3.05, 3.63) is 46.5 Å². The molecule has 0 unspecified atom stereocenters. The monoisotopic (exact) mass is 316 g/mol. The average molecular weight is 317 g/mol. The largest absolute Gasteiger partial charge is 0.456 e. The maximum atomic E-state index is 6.21. The predicted octanol–water partition coefficient (Wildman–Crippen LogP) is 5.69. The van der Waals surface area contributed by atoms with Gasteiger partial charge in [0, 0.05) is 11.9 Å². The van der Waals surface area contributed by atoms with Gasteiger partial charge in [0.2, 0.25) is 0 Å². The lowest BCUT2D eigenvalue weighted by Gasteiger charge is -2.12. The van der Waals surface area contributed by atoms with Crippen LogP contribution >= 0.6 is 11.6 Å². The molecule has 0 aliphatic heterocycles. The Morgan fingerprint density at radius 3 is 2.45 bits per heavy atom. The van der Waals surface area contributed by atoms with Gasteiger partial charge in [-0.1, -0.05) is 25.4 Å². The number of aliphatic imine (C=N–C) groups is 1. The van der Waals surface area contributed by atoms with E-state index >= 15 is 0 Å². The van der Waals surface area contributed by atoms with E-state index in [1.807, 2.05) is 44.3 Å². The number of nitrogens with two attached hydrogens (primary N) is 1. The van der Waals surface area contributed by atoms with Gasteiger partial charge < -0.3 is 10.5 Å². The van der Waals surface area contributed by atoms with E-state index in [0.717, 1.165) is 22.6 Å². The molecule has 22 heavy (non-hydrogen) atoms. The Kier molecular flexibility index (Phi) is 5.09. The summed E-state index contributed by atoms with van der Waals surface area (Å²) >= 11 is 6.21. The summed E-state index contributed by atoms with van der Waals surface area (Å²) in [5.41, 5.74) is 9.30. The molecule has 2 aromatic rings. The molecule has 0 aliphatic rings. The highest BCUT2D eigenvalue weighted by Gasteiger charge is 2.09. The summed E-state index contributed by atoms with van der Waals surface area (Å²) in [7, 11) is 0. The number of rotatable bonds is 4. The molecule has 2 rings (SSSR count). The van der Waals surface area contributed by atoms with E-state index in [1.165, 1.54) is 0 Å². The van der Waals surface area contributed by atoms with Crippen LogP contribution in [0.3, 0.4) is 0 Å². The van der Waals surface area contributed by atoms with Crippen molar-refractivity contribution in [3.8, 4) is 11.5 Å². The first-order valence-electron chi connectivity index (χ1n) is 7.25. The third kappa shape index (κ3) is 4.01. The van der Waals surface area contributed by atoms with Crippen LogP contribution in [-0.2, 0) is 0 Å². The third-order valence-corrected chi connectivity index (χ3v) is 3.43. The van der Waals surface area contributed by atoms with Gasteiger partial charge in [0.25, 0.3) is 0 Å². The SMILES string of the molecule is Cc1cc(Oc2c(C)cc(N)cc2Cl)ccc1N=CC(C)C. The molecule has 2 N–H and O–H groups in total. The van der Waals surface area contributed by atoms with Crippen LogP contribution < -0.4 is 10.5 Å². The molecule has 0 heterocycles. The van der Waals surface area contributed by atoms with Crippen LogP contribution in [0.5, 0.6) is 11.5 Å². The van der Waals surface area contributed by atoms with Crippen molar-refractivity contribution < 1.29 is 4.74 Å². The molecule has 0 saturated heterocycles. The van der Waals surface area contributed by atoms with Gasteiger partial charge in [0.15, 0.2) is 0 Å². The molecule has 0 radical (unpaired) electrons. The van der Waals surface area contributed by atoms with E-state index in [-0.39, 0.29) is 0 Å². The number of ether oxygens (including phenoxy) is 1. The highest BCUT2D eigenvalue weighted by molar-refractivity contribution is 6.32. The van der Waals surface area contributed by atoms with Crippen LogP contribution in [0.25, 0.3) is 0 Å². The van der Waals surface area contributed by atoms with Crippen LogP contribution in [0.1, 0.15) is 25.0 Å². The van der Waals surface area contributed by atoms with E-state index < -0.39 is 0 Å². The lowest BCUT2D eigenvalue weighted by molar-refractivity contribution is 0.479. The second-order valence-electron chi connectivity index (χ2n) is 5.72. The van der Waals surface area contributed by atoms with Gasteiger partial charge in [0.05, 0.1) is 10.7 Å². The van der Waals surface area contributed by atoms with Gasteiger partial charge >= 0.3 is 0 Å². The van der Waals surface area contributed by atoms with Crippen molar-refractivity contribution in [3.63, 3.8) is 0 Å². The fourth-order valence-electron chi connectivity index (χ4n) is 2.07. The Morgan fingerprint density at radius 1 is 1.14 bits per heavy atom. The van der Waals surface area contributed by atoms with E-state index in [0.29, 0.717) is 22.4 Å². The number of nitrogen functional groups attached to an aromatic ring is 1. The maximum Gasteiger partial charge on any atom is 0.149 e. The highest BCUT2D eigenvalue weighted by Crippen LogP contribution is 2.35. The predicted molar refractivity (Wildman–Crippen MR) is 94.8 cm³/mol. The summed E-state index contributed by atoms with van der Waals surface area (Å²) < 4.78 is 5.92.